The second-order valence-electron chi connectivity index (χ2n) is 3.89. The molecular formula is C10H13N3O2. The smallest absolute Gasteiger partial charge is 0.354 e. The van der Waals surface area contributed by atoms with Crippen LogP contribution in [0.5, 0.6) is 0 Å². The SMILES string of the molecule is CC(C)c1cnc2n(C)c(C(=O)O)cn12. The Morgan fingerprint density at radius 2 is 2.20 bits per heavy atom. The van der Waals surface area contributed by atoms with Crippen molar-refractivity contribution in [2.75, 3.05) is 0 Å². The van der Waals surface area contributed by atoms with E-state index in [4.69, 9.17) is 5.11 Å². The highest BCUT2D eigenvalue weighted by molar-refractivity contribution is 5.86. The average molecular weight is 207 g/mol. The molecule has 0 aliphatic carbocycles. The largest absolute Gasteiger partial charge is 0.477 e. The van der Waals surface area contributed by atoms with Crippen molar-refractivity contribution >= 4 is 11.7 Å². The lowest BCUT2D eigenvalue weighted by Gasteiger charge is -2.00. The summed E-state index contributed by atoms with van der Waals surface area (Å²) in [6.45, 7) is 4.10. The summed E-state index contributed by atoms with van der Waals surface area (Å²) in [5.41, 5.74) is 1.27. The minimum atomic E-state index is -0.933. The van der Waals surface area contributed by atoms with Gasteiger partial charge in [0.25, 0.3) is 0 Å². The van der Waals surface area contributed by atoms with Crippen molar-refractivity contribution in [1.29, 1.82) is 0 Å². The molecule has 0 amide bonds. The van der Waals surface area contributed by atoms with E-state index in [1.165, 1.54) is 0 Å². The fourth-order valence-corrected chi connectivity index (χ4v) is 1.69. The molecule has 0 aliphatic heterocycles. The molecule has 0 fully saturated rings. The first kappa shape index (κ1) is 9.76. The van der Waals surface area contributed by atoms with Gasteiger partial charge in [0.05, 0.1) is 6.20 Å². The Hall–Kier alpha value is -1.78. The van der Waals surface area contributed by atoms with Crippen molar-refractivity contribution in [2.24, 2.45) is 7.05 Å². The van der Waals surface area contributed by atoms with Crippen molar-refractivity contribution < 1.29 is 9.90 Å². The van der Waals surface area contributed by atoms with E-state index in [9.17, 15) is 4.79 Å². The lowest BCUT2D eigenvalue weighted by molar-refractivity contribution is 0.0686. The summed E-state index contributed by atoms with van der Waals surface area (Å²) >= 11 is 0. The number of imidazole rings is 2. The van der Waals surface area contributed by atoms with Gasteiger partial charge < -0.3 is 9.67 Å². The van der Waals surface area contributed by atoms with Crippen LogP contribution in [0.2, 0.25) is 0 Å². The van der Waals surface area contributed by atoms with E-state index in [-0.39, 0.29) is 5.69 Å². The standard InChI is InChI=1S/C10H13N3O2/c1-6(2)7-4-11-10-12(3)8(9(14)15)5-13(7)10/h4-6H,1-3H3,(H,14,15). The van der Waals surface area contributed by atoms with Crippen LogP contribution in [-0.2, 0) is 7.05 Å². The molecule has 80 valence electrons. The van der Waals surface area contributed by atoms with Crippen LogP contribution in [0.4, 0.5) is 0 Å². The van der Waals surface area contributed by atoms with Gasteiger partial charge in [-0.1, -0.05) is 13.8 Å². The third kappa shape index (κ3) is 1.31. The topological polar surface area (TPSA) is 59.5 Å². The zero-order valence-electron chi connectivity index (χ0n) is 8.93. The number of carboxylic acids is 1. The number of aryl methyl sites for hydroxylation is 1. The first-order valence-corrected chi connectivity index (χ1v) is 4.78. The summed E-state index contributed by atoms with van der Waals surface area (Å²) in [5.74, 6) is 0.0536. The quantitative estimate of drug-likeness (QED) is 0.811. The van der Waals surface area contributed by atoms with Gasteiger partial charge in [-0.05, 0) is 5.92 Å². The second kappa shape index (κ2) is 3.12. The normalized spacial score (nSPS) is 11.5. The van der Waals surface area contributed by atoms with Gasteiger partial charge in [-0.3, -0.25) is 4.40 Å². The summed E-state index contributed by atoms with van der Waals surface area (Å²) in [5, 5.41) is 8.95. The van der Waals surface area contributed by atoms with Gasteiger partial charge in [-0.2, -0.15) is 0 Å². The van der Waals surface area contributed by atoms with E-state index in [0.29, 0.717) is 11.7 Å². The lowest BCUT2D eigenvalue weighted by atomic mass is 10.1. The predicted octanol–water partition coefficient (Wildman–Crippen LogP) is 1.49. The number of rotatable bonds is 2. The van der Waals surface area contributed by atoms with Gasteiger partial charge in [0.1, 0.15) is 5.69 Å². The number of fused-ring (bicyclic) bond motifs is 1. The monoisotopic (exact) mass is 207 g/mol. The van der Waals surface area contributed by atoms with E-state index < -0.39 is 5.97 Å². The highest BCUT2D eigenvalue weighted by atomic mass is 16.4. The van der Waals surface area contributed by atoms with Gasteiger partial charge in [-0.25, -0.2) is 9.78 Å². The van der Waals surface area contributed by atoms with Crippen molar-refractivity contribution in [3.8, 4) is 0 Å². The van der Waals surface area contributed by atoms with Gasteiger partial charge in [0, 0.05) is 18.9 Å². The lowest BCUT2D eigenvalue weighted by Crippen LogP contribution is -2.03. The molecule has 2 rings (SSSR count). The van der Waals surface area contributed by atoms with Crippen LogP contribution >= 0.6 is 0 Å². The molecule has 1 N–H and O–H groups in total. The van der Waals surface area contributed by atoms with Gasteiger partial charge in [0.15, 0.2) is 0 Å². The molecule has 0 atom stereocenters. The van der Waals surface area contributed by atoms with E-state index >= 15 is 0 Å². The zero-order chi connectivity index (χ0) is 11.2. The van der Waals surface area contributed by atoms with Crippen LogP contribution in [0.1, 0.15) is 35.9 Å². The molecule has 2 heterocycles. The van der Waals surface area contributed by atoms with Gasteiger partial charge in [0.2, 0.25) is 5.78 Å². The summed E-state index contributed by atoms with van der Waals surface area (Å²) in [7, 11) is 1.70. The number of carboxylic acid groups (broad SMARTS) is 1. The van der Waals surface area contributed by atoms with Crippen LogP contribution in [-0.4, -0.2) is 25.0 Å². The molecule has 0 aliphatic rings. The molecule has 5 nitrogen and oxygen atoms in total. The third-order valence-electron chi connectivity index (χ3n) is 2.53. The van der Waals surface area contributed by atoms with E-state index in [2.05, 4.69) is 18.8 Å². The van der Waals surface area contributed by atoms with E-state index in [0.717, 1.165) is 5.69 Å². The minimum Gasteiger partial charge on any atom is -0.477 e. The molecule has 2 aromatic heterocycles. The summed E-state index contributed by atoms with van der Waals surface area (Å²) < 4.78 is 3.41. The average Bonchev–Trinajstić information content (AvgIpc) is 2.66. The second-order valence-corrected chi connectivity index (χ2v) is 3.89. The van der Waals surface area contributed by atoms with Gasteiger partial charge in [-0.15, -0.1) is 0 Å². The third-order valence-corrected chi connectivity index (χ3v) is 2.53. The number of hydrogen-bond acceptors (Lipinski definition) is 2. The Labute approximate surface area is 87.0 Å². The Kier molecular flexibility index (Phi) is 2.03. The molecular weight excluding hydrogens is 194 g/mol. The highest BCUT2D eigenvalue weighted by Gasteiger charge is 2.16. The molecule has 0 bridgehead atoms. The summed E-state index contributed by atoms with van der Waals surface area (Å²) in [6.07, 6.45) is 3.39. The highest BCUT2D eigenvalue weighted by Crippen LogP contribution is 2.18. The molecule has 5 heteroatoms. The molecule has 15 heavy (non-hydrogen) atoms. The van der Waals surface area contributed by atoms with Crippen LogP contribution in [0.15, 0.2) is 12.4 Å². The van der Waals surface area contributed by atoms with Crippen LogP contribution in [0, 0.1) is 0 Å². The minimum absolute atomic E-state index is 0.250. The number of aromatic nitrogens is 3. The van der Waals surface area contributed by atoms with Crippen molar-refractivity contribution in [1.82, 2.24) is 14.0 Å². The first-order chi connectivity index (χ1) is 7.02. The molecule has 0 unspecified atom stereocenters. The number of nitrogens with zero attached hydrogens (tertiary/aromatic N) is 3. The van der Waals surface area contributed by atoms with E-state index in [1.54, 1.807) is 24.0 Å². The van der Waals surface area contributed by atoms with Crippen molar-refractivity contribution in [3.63, 3.8) is 0 Å². The molecule has 0 aromatic carbocycles. The summed E-state index contributed by atoms with van der Waals surface area (Å²) in [6, 6.07) is 0. The van der Waals surface area contributed by atoms with Crippen LogP contribution in [0.3, 0.4) is 0 Å². The van der Waals surface area contributed by atoms with Crippen molar-refractivity contribution in [3.05, 3.63) is 23.8 Å². The molecule has 0 saturated heterocycles. The molecule has 0 radical (unpaired) electrons. The molecule has 2 aromatic rings. The maximum Gasteiger partial charge on any atom is 0.354 e. The van der Waals surface area contributed by atoms with Crippen molar-refractivity contribution in [2.45, 2.75) is 19.8 Å². The Morgan fingerprint density at radius 3 is 2.73 bits per heavy atom. The maximum atomic E-state index is 10.9. The number of carbonyl (C=O) groups is 1. The fraction of sp³-hybridized carbons (Fsp3) is 0.400. The number of aromatic carboxylic acids is 1. The number of hydrogen-bond donors (Lipinski definition) is 1. The molecule has 0 spiro atoms. The zero-order valence-corrected chi connectivity index (χ0v) is 8.93. The van der Waals surface area contributed by atoms with Gasteiger partial charge >= 0.3 is 5.97 Å². The molecule has 0 saturated carbocycles. The maximum absolute atomic E-state index is 10.9. The van der Waals surface area contributed by atoms with Crippen LogP contribution in [0.25, 0.3) is 5.78 Å². The Morgan fingerprint density at radius 1 is 1.53 bits per heavy atom. The van der Waals surface area contributed by atoms with Crippen LogP contribution < -0.4 is 0 Å². The van der Waals surface area contributed by atoms with E-state index in [1.807, 2.05) is 4.40 Å². The fourth-order valence-electron chi connectivity index (χ4n) is 1.69. The first-order valence-electron chi connectivity index (χ1n) is 4.78. The Bertz CT molecular complexity index is 522. The Balaban J connectivity index is 2.72. The predicted molar refractivity (Wildman–Crippen MR) is 55.2 cm³/mol. The summed E-state index contributed by atoms with van der Waals surface area (Å²) in [4.78, 5) is 15.1.